The van der Waals surface area contributed by atoms with Crippen LogP contribution in [0.3, 0.4) is 0 Å². The van der Waals surface area contributed by atoms with Crippen LogP contribution in [-0.2, 0) is 4.79 Å². The molecule has 2 aromatic carbocycles. The molecule has 1 N–H and O–H groups in total. The van der Waals surface area contributed by atoms with E-state index in [4.69, 9.17) is 16.3 Å². The highest BCUT2D eigenvalue weighted by atomic mass is 35.5. The largest absolute Gasteiger partial charge is 0.481 e. The maximum atomic E-state index is 12.5. The number of anilines is 1. The van der Waals surface area contributed by atoms with Crippen LogP contribution < -0.4 is 10.1 Å². The highest BCUT2D eigenvalue weighted by Crippen LogP contribution is 2.22. The molecule has 0 radical (unpaired) electrons. The molecule has 0 unspecified atom stereocenters. The third-order valence-corrected chi connectivity index (χ3v) is 4.10. The van der Waals surface area contributed by atoms with Gasteiger partial charge in [-0.2, -0.15) is 0 Å². The Kier molecular flexibility index (Phi) is 5.67. The van der Waals surface area contributed by atoms with Gasteiger partial charge in [0.15, 0.2) is 6.10 Å². The molecule has 0 fully saturated rings. The lowest BCUT2D eigenvalue weighted by Crippen LogP contribution is -2.32. The van der Waals surface area contributed by atoms with Crippen LogP contribution in [0.5, 0.6) is 5.75 Å². The summed E-state index contributed by atoms with van der Waals surface area (Å²) in [6.07, 6.45) is 0.0537. The van der Waals surface area contributed by atoms with Crippen LogP contribution in [0.1, 0.15) is 30.0 Å². The molecule has 1 amide bonds. The predicted molar refractivity (Wildman–Crippen MR) is 95.4 cm³/mol. The topological polar surface area (TPSA) is 38.3 Å². The zero-order valence-electron chi connectivity index (χ0n) is 13.9. The van der Waals surface area contributed by atoms with Crippen LogP contribution in [0.15, 0.2) is 36.4 Å². The molecule has 0 aromatic heterocycles. The lowest BCUT2D eigenvalue weighted by Gasteiger charge is -2.18. The summed E-state index contributed by atoms with van der Waals surface area (Å²) in [5, 5.41) is 3.56. The monoisotopic (exact) mass is 331 g/mol. The zero-order valence-corrected chi connectivity index (χ0v) is 14.7. The van der Waals surface area contributed by atoms with Crippen LogP contribution in [0.25, 0.3) is 0 Å². The summed E-state index contributed by atoms with van der Waals surface area (Å²) < 4.78 is 5.86. The number of carbonyl (C=O) groups is 1. The molecule has 0 saturated carbocycles. The van der Waals surface area contributed by atoms with E-state index in [1.54, 1.807) is 12.1 Å². The summed E-state index contributed by atoms with van der Waals surface area (Å²) in [6.45, 7) is 7.92. The van der Waals surface area contributed by atoms with Gasteiger partial charge in [-0.25, -0.2) is 0 Å². The van der Waals surface area contributed by atoms with Crippen molar-refractivity contribution in [1.82, 2.24) is 0 Å². The average molecular weight is 332 g/mol. The highest BCUT2D eigenvalue weighted by molar-refractivity contribution is 6.30. The van der Waals surface area contributed by atoms with E-state index in [2.05, 4.69) is 5.32 Å². The SMILES string of the molecule is CC[C@H](Oc1ccc(C)c(C)c1)C(=O)Nc1ccc(Cl)cc1C. The van der Waals surface area contributed by atoms with Gasteiger partial charge in [0, 0.05) is 10.7 Å². The first-order valence-electron chi connectivity index (χ1n) is 7.71. The van der Waals surface area contributed by atoms with E-state index in [1.165, 1.54) is 5.56 Å². The van der Waals surface area contributed by atoms with Gasteiger partial charge in [-0.3, -0.25) is 4.79 Å². The number of benzene rings is 2. The van der Waals surface area contributed by atoms with Gasteiger partial charge in [0.25, 0.3) is 5.91 Å². The van der Waals surface area contributed by atoms with Gasteiger partial charge in [0.2, 0.25) is 0 Å². The molecular weight excluding hydrogens is 310 g/mol. The summed E-state index contributed by atoms with van der Waals surface area (Å²) >= 11 is 5.94. The van der Waals surface area contributed by atoms with E-state index >= 15 is 0 Å². The van der Waals surface area contributed by atoms with Gasteiger partial charge in [0.05, 0.1) is 0 Å². The average Bonchev–Trinajstić information content (AvgIpc) is 2.51. The molecular formula is C19H22ClNO2. The number of hydrogen-bond donors (Lipinski definition) is 1. The molecule has 3 nitrogen and oxygen atoms in total. The molecule has 0 bridgehead atoms. The molecule has 0 heterocycles. The second-order valence-corrected chi connectivity index (χ2v) is 6.15. The lowest BCUT2D eigenvalue weighted by molar-refractivity contribution is -0.122. The molecule has 0 aliphatic rings. The second-order valence-electron chi connectivity index (χ2n) is 5.71. The summed E-state index contributed by atoms with van der Waals surface area (Å²) in [4.78, 5) is 12.5. The maximum absolute atomic E-state index is 12.5. The van der Waals surface area contributed by atoms with Gasteiger partial charge in [-0.15, -0.1) is 0 Å². The summed E-state index contributed by atoms with van der Waals surface area (Å²) in [5.41, 5.74) is 4.02. The Balaban J connectivity index is 2.10. The number of halogens is 1. The second kappa shape index (κ2) is 7.51. The van der Waals surface area contributed by atoms with Gasteiger partial charge < -0.3 is 10.1 Å². The Morgan fingerprint density at radius 1 is 1.09 bits per heavy atom. The fraction of sp³-hybridized carbons (Fsp3) is 0.316. The van der Waals surface area contributed by atoms with Crippen molar-refractivity contribution in [2.24, 2.45) is 0 Å². The van der Waals surface area contributed by atoms with E-state index < -0.39 is 6.10 Å². The lowest BCUT2D eigenvalue weighted by atomic mass is 10.1. The minimum atomic E-state index is -0.535. The maximum Gasteiger partial charge on any atom is 0.265 e. The van der Waals surface area contributed by atoms with Crippen molar-refractivity contribution >= 4 is 23.2 Å². The molecule has 0 aliphatic heterocycles. The Labute approximate surface area is 142 Å². The molecule has 122 valence electrons. The third kappa shape index (κ3) is 4.49. The van der Waals surface area contributed by atoms with E-state index in [0.29, 0.717) is 17.2 Å². The Morgan fingerprint density at radius 3 is 2.43 bits per heavy atom. The van der Waals surface area contributed by atoms with Crippen LogP contribution in [0.2, 0.25) is 5.02 Å². The number of aryl methyl sites for hydroxylation is 3. The third-order valence-electron chi connectivity index (χ3n) is 3.87. The first-order valence-corrected chi connectivity index (χ1v) is 8.09. The normalized spacial score (nSPS) is 11.9. The molecule has 4 heteroatoms. The van der Waals surface area contributed by atoms with Gasteiger partial charge >= 0.3 is 0 Å². The molecule has 1 atom stereocenters. The Morgan fingerprint density at radius 2 is 1.83 bits per heavy atom. The molecule has 2 aromatic rings. The number of hydrogen-bond acceptors (Lipinski definition) is 2. The number of carbonyl (C=O) groups excluding carboxylic acids is 1. The van der Waals surface area contributed by atoms with Crippen molar-refractivity contribution in [2.75, 3.05) is 5.32 Å². The van der Waals surface area contributed by atoms with E-state index in [1.807, 2.05) is 52.0 Å². The minimum absolute atomic E-state index is 0.156. The first-order chi connectivity index (χ1) is 10.9. The predicted octanol–water partition coefficient (Wildman–Crippen LogP) is 5.06. The van der Waals surface area contributed by atoms with Crippen molar-refractivity contribution in [3.05, 3.63) is 58.1 Å². The smallest absolute Gasteiger partial charge is 0.265 e. The zero-order chi connectivity index (χ0) is 17.0. The number of ether oxygens (including phenoxy) is 1. The van der Waals surface area contributed by atoms with Crippen molar-refractivity contribution in [2.45, 2.75) is 40.2 Å². The standard InChI is InChI=1S/C19H22ClNO2/c1-5-18(23-16-8-6-12(2)13(3)11-16)19(22)21-17-9-7-15(20)10-14(17)4/h6-11,18H,5H2,1-4H3,(H,21,22)/t18-/m0/s1. The molecule has 0 spiro atoms. The summed E-state index contributed by atoms with van der Waals surface area (Å²) in [6, 6.07) is 11.2. The Hall–Kier alpha value is -2.00. The highest BCUT2D eigenvalue weighted by Gasteiger charge is 2.19. The van der Waals surface area contributed by atoms with Crippen LogP contribution in [0, 0.1) is 20.8 Å². The molecule has 0 saturated heterocycles. The molecule has 0 aliphatic carbocycles. The van der Waals surface area contributed by atoms with Crippen molar-refractivity contribution in [3.8, 4) is 5.75 Å². The quantitative estimate of drug-likeness (QED) is 0.831. The molecule has 23 heavy (non-hydrogen) atoms. The first kappa shape index (κ1) is 17.4. The number of nitrogens with one attached hydrogen (secondary N) is 1. The van der Waals surface area contributed by atoms with Crippen LogP contribution in [0.4, 0.5) is 5.69 Å². The van der Waals surface area contributed by atoms with Crippen molar-refractivity contribution in [3.63, 3.8) is 0 Å². The fourth-order valence-corrected chi connectivity index (χ4v) is 2.48. The van der Waals surface area contributed by atoms with E-state index in [-0.39, 0.29) is 5.91 Å². The summed E-state index contributed by atoms with van der Waals surface area (Å²) in [5.74, 6) is 0.555. The molecule has 2 rings (SSSR count). The number of rotatable bonds is 5. The van der Waals surface area contributed by atoms with Crippen molar-refractivity contribution in [1.29, 1.82) is 0 Å². The fourth-order valence-electron chi connectivity index (χ4n) is 2.25. The van der Waals surface area contributed by atoms with E-state index in [0.717, 1.165) is 16.8 Å². The van der Waals surface area contributed by atoms with Gasteiger partial charge in [-0.05, 0) is 74.2 Å². The summed E-state index contributed by atoms with van der Waals surface area (Å²) in [7, 11) is 0. The number of amides is 1. The van der Waals surface area contributed by atoms with Crippen molar-refractivity contribution < 1.29 is 9.53 Å². The Bertz CT molecular complexity index is 713. The van der Waals surface area contributed by atoms with Gasteiger partial charge in [0.1, 0.15) is 5.75 Å². The minimum Gasteiger partial charge on any atom is -0.481 e. The van der Waals surface area contributed by atoms with Crippen LogP contribution in [-0.4, -0.2) is 12.0 Å². The van der Waals surface area contributed by atoms with Crippen LogP contribution >= 0.6 is 11.6 Å². The van der Waals surface area contributed by atoms with E-state index in [9.17, 15) is 4.79 Å². The van der Waals surface area contributed by atoms with Gasteiger partial charge in [-0.1, -0.05) is 24.6 Å².